The monoisotopic (exact) mass is 421 g/mol. The zero-order valence-corrected chi connectivity index (χ0v) is 18.1. The molecule has 156 valence electrons. The number of thioether (sulfide) groups is 1. The lowest BCUT2D eigenvalue weighted by Gasteiger charge is -2.32. The molecule has 1 amide bonds. The predicted molar refractivity (Wildman–Crippen MR) is 121 cm³/mol. The van der Waals surface area contributed by atoms with Gasteiger partial charge in [0.25, 0.3) is 0 Å². The number of para-hydroxylation sites is 3. The second kappa shape index (κ2) is 8.44. The molecule has 1 aromatic heterocycles. The number of carbonyl (C=O) groups is 1. The third kappa shape index (κ3) is 3.98. The van der Waals surface area contributed by atoms with Crippen LogP contribution in [0, 0.1) is 0 Å². The van der Waals surface area contributed by atoms with Crippen LogP contribution in [0.25, 0.3) is 11.1 Å². The Balaban J connectivity index is 1.23. The molecule has 30 heavy (non-hydrogen) atoms. The van der Waals surface area contributed by atoms with Gasteiger partial charge in [0, 0.05) is 22.6 Å². The van der Waals surface area contributed by atoms with Crippen molar-refractivity contribution in [1.82, 2.24) is 9.88 Å². The quantitative estimate of drug-likeness (QED) is 0.600. The lowest BCUT2D eigenvalue weighted by Crippen LogP contribution is -2.43. The number of fused-ring (bicyclic) bond motifs is 2. The fraction of sp³-hybridized carbons (Fsp3) is 0.417. The first-order chi connectivity index (χ1) is 14.7. The highest BCUT2D eigenvalue weighted by Crippen LogP contribution is 2.37. The van der Waals surface area contributed by atoms with E-state index in [0.717, 1.165) is 61.6 Å². The van der Waals surface area contributed by atoms with Crippen LogP contribution >= 0.6 is 11.8 Å². The highest BCUT2D eigenvalue weighted by Gasteiger charge is 2.29. The molecule has 0 saturated carbocycles. The van der Waals surface area contributed by atoms with E-state index in [4.69, 9.17) is 4.42 Å². The first kappa shape index (κ1) is 19.6. The fourth-order valence-corrected chi connectivity index (χ4v) is 5.54. The van der Waals surface area contributed by atoms with Crippen LogP contribution < -0.4 is 4.90 Å². The number of aromatic nitrogens is 1. The molecule has 1 saturated heterocycles. The lowest BCUT2D eigenvalue weighted by atomic mass is 9.97. The second-order valence-corrected chi connectivity index (χ2v) is 9.78. The highest BCUT2D eigenvalue weighted by molar-refractivity contribution is 8.00. The van der Waals surface area contributed by atoms with Crippen LogP contribution in [-0.4, -0.2) is 47.2 Å². The predicted octanol–water partition coefficient (Wildman–Crippen LogP) is 4.92. The smallest absolute Gasteiger partial charge is 0.241 e. The van der Waals surface area contributed by atoms with Gasteiger partial charge in [0.2, 0.25) is 5.91 Å². The summed E-state index contributed by atoms with van der Waals surface area (Å²) in [4.78, 5) is 23.4. The van der Waals surface area contributed by atoms with Crippen LogP contribution in [0.3, 0.4) is 0 Å². The molecule has 2 aliphatic rings. The Morgan fingerprint density at radius 1 is 1.07 bits per heavy atom. The number of piperidine rings is 1. The minimum absolute atomic E-state index is 0.206. The molecule has 0 spiro atoms. The summed E-state index contributed by atoms with van der Waals surface area (Å²) in [6, 6.07) is 16.2. The summed E-state index contributed by atoms with van der Waals surface area (Å²) in [7, 11) is 0. The van der Waals surface area contributed by atoms with Crippen molar-refractivity contribution < 1.29 is 9.21 Å². The SMILES string of the molecule is CC1CCN(C(=O)CN2CCC(c3nc4ccccc4o3)CC2)c2ccccc2S1. The molecule has 3 heterocycles. The number of likely N-dealkylation sites (tertiary alicyclic amines) is 1. The van der Waals surface area contributed by atoms with E-state index in [1.54, 1.807) is 0 Å². The Morgan fingerprint density at radius 3 is 2.67 bits per heavy atom. The normalized spacial score (nSPS) is 20.8. The van der Waals surface area contributed by atoms with Gasteiger partial charge < -0.3 is 9.32 Å². The van der Waals surface area contributed by atoms with Crippen LogP contribution in [0.2, 0.25) is 0 Å². The minimum atomic E-state index is 0.206. The maximum Gasteiger partial charge on any atom is 0.241 e. The third-order valence-electron chi connectivity index (χ3n) is 6.15. The lowest BCUT2D eigenvalue weighted by molar-refractivity contribution is -0.120. The van der Waals surface area contributed by atoms with Crippen LogP contribution in [0.5, 0.6) is 0 Å². The molecular formula is C24H27N3O2S. The molecule has 0 aliphatic carbocycles. The number of oxazole rings is 1. The summed E-state index contributed by atoms with van der Waals surface area (Å²) in [5.74, 6) is 1.38. The molecule has 2 aliphatic heterocycles. The van der Waals surface area contributed by atoms with Gasteiger partial charge in [0.05, 0.1) is 12.2 Å². The summed E-state index contributed by atoms with van der Waals surface area (Å²) in [6.45, 7) is 5.31. The van der Waals surface area contributed by atoms with E-state index in [0.29, 0.717) is 17.7 Å². The van der Waals surface area contributed by atoms with E-state index >= 15 is 0 Å². The molecule has 2 aromatic carbocycles. The Hall–Kier alpha value is -2.31. The van der Waals surface area contributed by atoms with Crippen LogP contribution in [-0.2, 0) is 4.79 Å². The average molecular weight is 422 g/mol. The molecule has 0 radical (unpaired) electrons. The van der Waals surface area contributed by atoms with Gasteiger partial charge in [-0.2, -0.15) is 0 Å². The van der Waals surface area contributed by atoms with Gasteiger partial charge in [-0.15, -0.1) is 11.8 Å². The molecule has 3 aromatic rings. The molecule has 0 bridgehead atoms. The van der Waals surface area contributed by atoms with Crippen LogP contribution in [0.1, 0.15) is 38.0 Å². The topological polar surface area (TPSA) is 49.6 Å². The molecule has 1 unspecified atom stereocenters. The molecular weight excluding hydrogens is 394 g/mol. The average Bonchev–Trinajstić information content (AvgIpc) is 3.12. The van der Waals surface area contributed by atoms with Gasteiger partial charge in [-0.1, -0.05) is 31.2 Å². The number of nitrogens with zero attached hydrogens (tertiary/aromatic N) is 3. The third-order valence-corrected chi connectivity index (χ3v) is 7.39. The van der Waals surface area contributed by atoms with E-state index in [1.165, 1.54) is 4.90 Å². The Labute approximate surface area is 181 Å². The first-order valence-corrected chi connectivity index (χ1v) is 11.7. The minimum Gasteiger partial charge on any atom is -0.440 e. The van der Waals surface area contributed by atoms with Gasteiger partial charge in [-0.25, -0.2) is 4.98 Å². The molecule has 5 nitrogen and oxygen atoms in total. The van der Waals surface area contributed by atoms with Crippen molar-refractivity contribution in [2.45, 2.75) is 42.2 Å². The zero-order valence-electron chi connectivity index (χ0n) is 17.3. The number of benzene rings is 2. The Kier molecular flexibility index (Phi) is 5.52. The maximum absolute atomic E-state index is 13.2. The van der Waals surface area contributed by atoms with Crippen molar-refractivity contribution in [2.24, 2.45) is 0 Å². The molecule has 1 atom stereocenters. The fourth-order valence-electron chi connectivity index (χ4n) is 4.43. The van der Waals surface area contributed by atoms with Gasteiger partial charge in [0.1, 0.15) is 5.52 Å². The van der Waals surface area contributed by atoms with Crippen LogP contribution in [0.4, 0.5) is 5.69 Å². The van der Waals surface area contributed by atoms with Gasteiger partial charge in [-0.3, -0.25) is 9.69 Å². The van der Waals surface area contributed by atoms with Crippen LogP contribution in [0.15, 0.2) is 57.8 Å². The van der Waals surface area contributed by atoms with Crippen molar-refractivity contribution in [3.63, 3.8) is 0 Å². The van der Waals surface area contributed by atoms with Gasteiger partial charge in [0.15, 0.2) is 11.5 Å². The van der Waals surface area contributed by atoms with Crippen molar-refractivity contribution in [1.29, 1.82) is 0 Å². The second-order valence-electron chi connectivity index (χ2n) is 8.30. The molecule has 5 rings (SSSR count). The van der Waals surface area contributed by atoms with E-state index in [1.807, 2.05) is 47.0 Å². The largest absolute Gasteiger partial charge is 0.440 e. The number of amides is 1. The number of hydrogen-bond donors (Lipinski definition) is 0. The summed E-state index contributed by atoms with van der Waals surface area (Å²) in [5, 5.41) is 0.524. The van der Waals surface area contributed by atoms with Crippen molar-refractivity contribution in [3.05, 3.63) is 54.4 Å². The van der Waals surface area contributed by atoms with E-state index in [2.05, 4.69) is 35.0 Å². The van der Waals surface area contributed by atoms with Gasteiger partial charge >= 0.3 is 0 Å². The van der Waals surface area contributed by atoms with Crippen molar-refractivity contribution in [2.75, 3.05) is 31.1 Å². The maximum atomic E-state index is 13.2. The van der Waals surface area contributed by atoms with Gasteiger partial charge in [-0.05, 0) is 56.6 Å². The summed E-state index contributed by atoms with van der Waals surface area (Å²) < 4.78 is 5.97. The van der Waals surface area contributed by atoms with E-state index in [9.17, 15) is 4.79 Å². The highest BCUT2D eigenvalue weighted by atomic mass is 32.2. The Bertz CT molecular complexity index is 1010. The number of rotatable bonds is 3. The number of anilines is 1. The van der Waals surface area contributed by atoms with Crippen molar-refractivity contribution >= 4 is 34.5 Å². The molecule has 0 N–H and O–H groups in total. The summed E-state index contributed by atoms with van der Waals surface area (Å²) in [6.07, 6.45) is 2.97. The first-order valence-electron chi connectivity index (χ1n) is 10.8. The van der Waals surface area contributed by atoms with Crippen molar-refractivity contribution in [3.8, 4) is 0 Å². The number of hydrogen-bond acceptors (Lipinski definition) is 5. The number of carbonyl (C=O) groups excluding carboxylic acids is 1. The standard InChI is InChI=1S/C24H27N3O2S/c1-17-10-15-27(20-7-3-5-9-22(20)30-17)23(28)16-26-13-11-18(12-14-26)24-25-19-6-2-4-8-21(19)29-24/h2-9,17-18H,10-16H2,1H3. The molecule has 1 fully saturated rings. The molecule has 6 heteroatoms. The van der Waals surface area contributed by atoms with E-state index in [-0.39, 0.29) is 5.91 Å². The van der Waals surface area contributed by atoms with E-state index < -0.39 is 0 Å². The summed E-state index contributed by atoms with van der Waals surface area (Å²) >= 11 is 1.87. The Morgan fingerprint density at radius 2 is 1.83 bits per heavy atom. The summed E-state index contributed by atoms with van der Waals surface area (Å²) in [5.41, 5.74) is 2.85. The zero-order chi connectivity index (χ0) is 20.5.